The molecule has 5 atom stereocenters. The summed E-state index contributed by atoms with van der Waals surface area (Å²) >= 11 is 0. The van der Waals surface area contributed by atoms with E-state index in [1.54, 1.807) is 0 Å². The number of carbonyl (C=O) groups is 3. The number of aliphatic hydroxyl groups is 3. The van der Waals surface area contributed by atoms with Crippen LogP contribution in [-0.4, -0.2) is 75.1 Å². The third kappa shape index (κ3) is 2.99. The number of nitrogens with zero attached hydrogens (tertiary/aromatic N) is 1. The summed E-state index contributed by atoms with van der Waals surface area (Å²) in [5.74, 6) is -6.81. The second kappa shape index (κ2) is 8.05. The first-order valence-electron chi connectivity index (χ1n) is 11.8. The predicted molar refractivity (Wildman–Crippen MR) is 126 cm³/mol. The molecule has 1 aromatic rings. The van der Waals surface area contributed by atoms with Gasteiger partial charge in [0.1, 0.15) is 28.6 Å². The van der Waals surface area contributed by atoms with Gasteiger partial charge in [-0.1, -0.05) is 0 Å². The van der Waals surface area contributed by atoms with E-state index in [9.17, 15) is 34.8 Å². The van der Waals surface area contributed by atoms with Gasteiger partial charge in [-0.3, -0.25) is 19.3 Å². The van der Waals surface area contributed by atoms with Crippen LogP contribution < -0.4 is 16.2 Å². The Morgan fingerprint density at radius 1 is 1.25 bits per heavy atom. The van der Waals surface area contributed by atoms with Crippen LogP contribution in [0.3, 0.4) is 0 Å². The molecule has 0 unspecified atom stereocenters. The largest absolute Gasteiger partial charge is 0.508 e. The van der Waals surface area contributed by atoms with Gasteiger partial charge in [-0.25, -0.2) is 0 Å². The molecule has 0 bridgehead atoms. The summed E-state index contributed by atoms with van der Waals surface area (Å²) in [6, 6.07) is 0.0424. The van der Waals surface area contributed by atoms with Crippen LogP contribution in [0, 0.1) is 11.8 Å². The van der Waals surface area contributed by atoms with Crippen LogP contribution in [0.25, 0.3) is 5.76 Å². The molecule has 1 aromatic carbocycles. The topological polar surface area (TPSA) is 197 Å². The number of primary amides is 1. The molecule has 11 heteroatoms. The fraction of sp³-hybridized carbons (Fsp3) is 0.480. The number of likely N-dealkylation sites (tertiary alicyclic amines) is 1. The van der Waals surface area contributed by atoms with Crippen molar-refractivity contribution >= 4 is 23.2 Å². The fourth-order valence-electron chi connectivity index (χ4n) is 6.58. The van der Waals surface area contributed by atoms with E-state index in [-0.39, 0.29) is 35.8 Å². The van der Waals surface area contributed by atoms with Crippen LogP contribution in [0.5, 0.6) is 11.5 Å². The molecule has 0 radical (unpaired) electrons. The van der Waals surface area contributed by atoms with Crippen molar-refractivity contribution in [1.29, 1.82) is 0 Å². The predicted octanol–water partition coefficient (Wildman–Crippen LogP) is 0.136. The minimum absolute atomic E-state index is 0.000409. The van der Waals surface area contributed by atoms with Gasteiger partial charge in [0, 0.05) is 28.7 Å². The minimum Gasteiger partial charge on any atom is -0.508 e. The van der Waals surface area contributed by atoms with E-state index in [0.29, 0.717) is 11.3 Å². The maximum Gasteiger partial charge on any atom is 0.255 e. The highest BCUT2D eigenvalue weighted by Gasteiger charge is 2.63. The highest BCUT2D eigenvalue weighted by Crippen LogP contribution is 2.54. The Balaban J connectivity index is 1.71. The fourth-order valence-corrected chi connectivity index (χ4v) is 6.58. The molecule has 0 aromatic heterocycles. The maximum absolute atomic E-state index is 13.7. The number of phenolic OH excluding ortho intramolecular Hbond substituents is 1. The highest BCUT2D eigenvalue weighted by molar-refractivity contribution is 6.24. The lowest BCUT2D eigenvalue weighted by molar-refractivity contribution is -0.149. The van der Waals surface area contributed by atoms with Gasteiger partial charge in [0.15, 0.2) is 11.4 Å². The lowest BCUT2D eigenvalue weighted by atomic mass is 9.58. The molecule has 4 aliphatic rings. The number of hydrogen-bond acceptors (Lipinski definition) is 10. The van der Waals surface area contributed by atoms with E-state index in [1.807, 2.05) is 7.05 Å². The molecule has 1 saturated heterocycles. The van der Waals surface area contributed by atoms with E-state index < -0.39 is 58.0 Å². The van der Waals surface area contributed by atoms with Crippen molar-refractivity contribution in [2.24, 2.45) is 23.3 Å². The van der Waals surface area contributed by atoms with Gasteiger partial charge < -0.3 is 36.6 Å². The number of nitrogens with two attached hydrogens (primary N) is 2. The van der Waals surface area contributed by atoms with E-state index in [4.69, 9.17) is 16.2 Å². The van der Waals surface area contributed by atoms with E-state index in [1.165, 1.54) is 13.2 Å². The Morgan fingerprint density at radius 2 is 1.94 bits per heavy atom. The number of aliphatic hydroxyl groups excluding tert-OH is 2. The van der Waals surface area contributed by atoms with Crippen molar-refractivity contribution in [2.45, 2.75) is 43.4 Å². The lowest BCUT2D eigenvalue weighted by Gasteiger charge is -2.48. The smallest absolute Gasteiger partial charge is 0.255 e. The van der Waals surface area contributed by atoms with Gasteiger partial charge in [-0.05, 0) is 51.3 Å². The van der Waals surface area contributed by atoms with E-state index >= 15 is 0 Å². The summed E-state index contributed by atoms with van der Waals surface area (Å²) in [6.07, 6.45) is 1.94. The Kier molecular flexibility index (Phi) is 5.43. The number of fused-ring (bicyclic) bond motifs is 3. The molecular weight excluding hydrogens is 470 g/mol. The molecule has 11 nitrogen and oxygen atoms in total. The Morgan fingerprint density at radius 3 is 2.53 bits per heavy atom. The summed E-state index contributed by atoms with van der Waals surface area (Å²) in [4.78, 5) is 40.3. The van der Waals surface area contributed by atoms with Crippen LogP contribution in [0.1, 0.15) is 42.0 Å². The Bertz CT molecular complexity index is 1280. The Labute approximate surface area is 206 Å². The zero-order chi connectivity index (χ0) is 26.3. The number of ether oxygens (including phenoxy) is 1. The second-order valence-corrected chi connectivity index (χ2v) is 10.1. The van der Waals surface area contributed by atoms with Crippen LogP contribution >= 0.6 is 0 Å². The van der Waals surface area contributed by atoms with Gasteiger partial charge in [0.2, 0.25) is 5.78 Å². The van der Waals surface area contributed by atoms with Crippen molar-refractivity contribution in [3.63, 3.8) is 0 Å². The number of hydrogen-bond donors (Lipinski definition) is 6. The van der Waals surface area contributed by atoms with Crippen molar-refractivity contribution in [2.75, 3.05) is 20.7 Å². The monoisotopic (exact) mass is 499 g/mol. The zero-order valence-electron chi connectivity index (χ0n) is 19.9. The van der Waals surface area contributed by atoms with Crippen molar-refractivity contribution in [3.8, 4) is 11.5 Å². The van der Waals surface area contributed by atoms with Crippen LogP contribution in [-0.2, 0) is 20.8 Å². The number of methoxy groups -OCH3 is 1. The maximum atomic E-state index is 13.7. The molecule has 0 spiro atoms. The van der Waals surface area contributed by atoms with Gasteiger partial charge >= 0.3 is 0 Å². The van der Waals surface area contributed by atoms with Crippen LogP contribution in [0.4, 0.5) is 0 Å². The molecule has 1 amide bonds. The number of Topliss-reactive ketones (excluding diaryl/α,β-unsaturated/α-hetero) is 2. The van der Waals surface area contributed by atoms with Crippen molar-refractivity contribution in [3.05, 3.63) is 39.7 Å². The molecular formula is C25H29N3O8. The van der Waals surface area contributed by atoms with Crippen molar-refractivity contribution in [1.82, 2.24) is 4.90 Å². The summed E-state index contributed by atoms with van der Waals surface area (Å²) in [5, 5.41) is 44.3. The number of amides is 1. The average molecular weight is 500 g/mol. The number of carbonyl (C=O) groups excluding carboxylic acids is 3. The molecule has 36 heavy (non-hydrogen) atoms. The number of benzene rings is 1. The molecule has 192 valence electrons. The van der Waals surface area contributed by atoms with Crippen LogP contribution in [0.2, 0.25) is 0 Å². The summed E-state index contributed by atoms with van der Waals surface area (Å²) in [7, 11) is 3.47. The molecule has 1 saturated carbocycles. The van der Waals surface area contributed by atoms with Crippen LogP contribution in [0.15, 0.2) is 23.0 Å². The van der Waals surface area contributed by atoms with Gasteiger partial charge in [-0.2, -0.15) is 0 Å². The third-order valence-corrected chi connectivity index (χ3v) is 8.31. The molecule has 5 rings (SSSR count). The van der Waals surface area contributed by atoms with Gasteiger partial charge in [0.25, 0.3) is 5.91 Å². The number of ketones is 2. The third-order valence-electron chi connectivity index (χ3n) is 8.31. The molecule has 1 heterocycles. The molecule has 1 aliphatic heterocycles. The lowest BCUT2D eigenvalue weighted by Crippen LogP contribution is -2.65. The highest BCUT2D eigenvalue weighted by atomic mass is 16.5. The second-order valence-electron chi connectivity index (χ2n) is 10.1. The first kappa shape index (κ1) is 24.3. The first-order valence-corrected chi connectivity index (χ1v) is 11.8. The quantitative estimate of drug-likeness (QED) is 0.311. The summed E-state index contributed by atoms with van der Waals surface area (Å²) < 4.78 is 5.75. The summed E-state index contributed by atoms with van der Waals surface area (Å²) in [6.45, 7) is 0.884. The number of aromatic hydroxyl groups is 1. The van der Waals surface area contributed by atoms with E-state index in [2.05, 4.69) is 4.90 Å². The number of phenols is 1. The standard InChI is InChI=1S/C25H29N3O8/c1-28-5-3-4-13(28)10-8-14(29)16-11(21(10)36-2)6-9-7-12-18(26)20(31)17(24(27)34)23(33)25(12,35)22(32)15(9)19(16)30/h8-9,12-13,18,29-30,33,35H,3-7,26H2,1-2H3,(H2,27,34)/t9-,12-,13-,18-,25-/m0/s1. The van der Waals surface area contributed by atoms with Crippen molar-refractivity contribution < 1.29 is 39.5 Å². The van der Waals surface area contributed by atoms with Gasteiger partial charge in [-0.15, -0.1) is 0 Å². The van der Waals surface area contributed by atoms with E-state index in [0.717, 1.165) is 24.9 Å². The first-order chi connectivity index (χ1) is 16.9. The summed E-state index contributed by atoms with van der Waals surface area (Å²) in [5.41, 5.74) is 8.68. The van der Waals surface area contributed by atoms with Gasteiger partial charge in [0.05, 0.1) is 18.7 Å². The SMILES string of the molecule is COc1c([C@@H]2CCCN2C)cc(O)c2c1C[C@H]1C[C@H]3[C@H](N)C(=O)C(C(N)=O)=C(O)[C@@]3(O)C(=O)C1=C2O. The minimum atomic E-state index is -2.72. The average Bonchev–Trinajstić information content (AvgIpc) is 3.24. The molecule has 2 fully saturated rings. The number of rotatable bonds is 3. The zero-order valence-corrected chi connectivity index (χ0v) is 19.9. The molecule has 3 aliphatic carbocycles. The normalized spacial score (nSPS) is 32.3. The molecule has 8 N–H and O–H groups in total. The Hall–Kier alpha value is -3.41.